The summed E-state index contributed by atoms with van der Waals surface area (Å²) >= 11 is 3.49. The van der Waals surface area contributed by atoms with Crippen LogP contribution in [0.1, 0.15) is 0 Å². The average Bonchev–Trinajstić information content (AvgIpc) is 3.06. The molecule has 0 N–H and O–H groups in total. The average molecular weight is 271 g/mol. The number of hydrogen-bond donors (Lipinski definition) is 0. The number of rotatable bonds is 3. The van der Waals surface area contributed by atoms with Crippen LogP contribution in [0.15, 0.2) is 30.3 Å². The Hall–Kier alpha value is 0.0895. The summed E-state index contributed by atoms with van der Waals surface area (Å²) in [6.07, 6.45) is 0. The van der Waals surface area contributed by atoms with Gasteiger partial charge in [0.05, 0.1) is 0 Å². The van der Waals surface area contributed by atoms with Crippen molar-refractivity contribution < 1.29 is 0 Å². The second-order valence-electron chi connectivity index (χ2n) is 3.79. The molecular formula is C10H13N2PSe. The molecule has 1 aromatic carbocycles. The zero-order valence-electron chi connectivity index (χ0n) is 7.97. The van der Waals surface area contributed by atoms with E-state index in [0.29, 0.717) is 0 Å². The molecule has 2 heterocycles. The summed E-state index contributed by atoms with van der Waals surface area (Å²) in [5.74, 6) is -1.20. The zero-order chi connectivity index (χ0) is 9.60. The summed E-state index contributed by atoms with van der Waals surface area (Å²) in [5.41, 5.74) is 0. The normalized spacial score (nSPS) is 22.3. The second kappa shape index (κ2) is 3.30. The molecule has 74 valence electrons. The second-order valence-corrected chi connectivity index (χ2v) is 9.73. The van der Waals surface area contributed by atoms with Gasteiger partial charge in [0.15, 0.2) is 0 Å². The quantitative estimate of drug-likeness (QED) is 0.457. The fourth-order valence-electron chi connectivity index (χ4n) is 1.76. The molecule has 14 heavy (non-hydrogen) atoms. The van der Waals surface area contributed by atoms with Crippen molar-refractivity contribution in [2.45, 2.75) is 0 Å². The molecule has 0 atom stereocenters. The third-order valence-electron chi connectivity index (χ3n) is 2.71. The Morgan fingerprint density at radius 3 is 1.86 bits per heavy atom. The number of nitrogens with zero attached hydrogens (tertiary/aromatic N) is 2. The summed E-state index contributed by atoms with van der Waals surface area (Å²) in [6.45, 7) is 5.08. The molecule has 0 aromatic heterocycles. The fraction of sp³-hybridized carbons (Fsp3) is 0.400. The predicted molar refractivity (Wildman–Crippen MR) is 61.9 cm³/mol. The van der Waals surface area contributed by atoms with Crippen LogP contribution in [0.4, 0.5) is 0 Å². The summed E-state index contributed by atoms with van der Waals surface area (Å²) in [5, 5.41) is 1.50. The standard InChI is InChI=1S/C10H13N2PSe/c14-13(11-6-7-11,12-8-9-12)10-4-2-1-3-5-10/h1-5H,6-9H2. The molecule has 3 rings (SSSR count). The molecule has 2 fully saturated rings. The molecule has 2 saturated heterocycles. The van der Waals surface area contributed by atoms with Crippen LogP contribution < -0.4 is 5.30 Å². The first-order chi connectivity index (χ1) is 6.82. The maximum absolute atomic E-state index is 3.49. The molecule has 0 spiro atoms. The topological polar surface area (TPSA) is 6.02 Å². The van der Waals surface area contributed by atoms with Crippen LogP contribution >= 0.6 is 5.81 Å². The van der Waals surface area contributed by atoms with E-state index in [2.05, 4.69) is 54.8 Å². The van der Waals surface area contributed by atoms with Gasteiger partial charge in [-0.25, -0.2) is 0 Å². The van der Waals surface area contributed by atoms with Gasteiger partial charge < -0.3 is 0 Å². The zero-order valence-corrected chi connectivity index (χ0v) is 10.6. The van der Waals surface area contributed by atoms with Gasteiger partial charge in [-0.05, 0) is 0 Å². The molecule has 0 saturated carbocycles. The van der Waals surface area contributed by atoms with E-state index in [1.807, 2.05) is 0 Å². The third kappa shape index (κ3) is 1.44. The van der Waals surface area contributed by atoms with Gasteiger partial charge in [0, 0.05) is 0 Å². The summed E-state index contributed by atoms with van der Waals surface area (Å²) < 4.78 is 5.19. The molecule has 0 aliphatic carbocycles. The van der Waals surface area contributed by atoms with Crippen molar-refractivity contribution in [2.75, 3.05) is 26.2 Å². The van der Waals surface area contributed by atoms with E-state index in [4.69, 9.17) is 0 Å². The first-order valence-corrected chi connectivity index (χ1v) is 8.89. The maximum atomic E-state index is 3.49. The summed E-state index contributed by atoms with van der Waals surface area (Å²) in [6, 6.07) is 10.9. The van der Waals surface area contributed by atoms with Gasteiger partial charge in [0.25, 0.3) is 0 Å². The predicted octanol–water partition coefficient (Wildman–Crippen LogP) is 0.874. The monoisotopic (exact) mass is 272 g/mol. The van der Waals surface area contributed by atoms with Crippen LogP contribution in [0.3, 0.4) is 0 Å². The molecule has 0 radical (unpaired) electrons. The van der Waals surface area contributed by atoms with E-state index < -0.39 is 5.81 Å². The number of hydrogen-bond acceptors (Lipinski definition) is 2. The van der Waals surface area contributed by atoms with E-state index in [1.165, 1.54) is 31.5 Å². The molecule has 0 bridgehead atoms. The van der Waals surface area contributed by atoms with E-state index in [1.54, 1.807) is 0 Å². The third-order valence-corrected chi connectivity index (χ3v) is 10.2. The van der Waals surface area contributed by atoms with Crippen molar-refractivity contribution in [3.63, 3.8) is 0 Å². The van der Waals surface area contributed by atoms with Gasteiger partial charge in [0.1, 0.15) is 0 Å². The molecule has 2 aliphatic rings. The Labute approximate surface area is 92.2 Å². The number of benzene rings is 1. The molecule has 1 aromatic rings. The molecule has 2 aliphatic heterocycles. The molecule has 4 heteroatoms. The Kier molecular flexibility index (Phi) is 2.20. The van der Waals surface area contributed by atoms with Crippen LogP contribution in [-0.4, -0.2) is 50.6 Å². The Morgan fingerprint density at radius 1 is 0.929 bits per heavy atom. The molecular weight excluding hydrogens is 258 g/mol. The van der Waals surface area contributed by atoms with Crippen LogP contribution in [-0.2, 0) is 0 Å². The fourth-order valence-corrected chi connectivity index (χ4v) is 7.42. The first-order valence-electron chi connectivity index (χ1n) is 4.98. The molecule has 0 unspecified atom stereocenters. The van der Waals surface area contributed by atoms with Gasteiger partial charge in [-0.1, -0.05) is 0 Å². The van der Waals surface area contributed by atoms with Crippen LogP contribution in [0, 0.1) is 0 Å². The van der Waals surface area contributed by atoms with Crippen LogP contribution in [0.25, 0.3) is 0 Å². The van der Waals surface area contributed by atoms with E-state index in [9.17, 15) is 0 Å². The van der Waals surface area contributed by atoms with Crippen molar-refractivity contribution in [3.8, 4) is 0 Å². The van der Waals surface area contributed by atoms with Gasteiger partial charge in [-0.3, -0.25) is 0 Å². The van der Waals surface area contributed by atoms with E-state index >= 15 is 0 Å². The van der Waals surface area contributed by atoms with Gasteiger partial charge >= 0.3 is 92.1 Å². The summed E-state index contributed by atoms with van der Waals surface area (Å²) in [7, 11) is 0. The van der Waals surface area contributed by atoms with Crippen molar-refractivity contribution in [1.82, 2.24) is 9.34 Å². The van der Waals surface area contributed by atoms with Crippen LogP contribution in [0.2, 0.25) is 0 Å². The van der Waals surface area contributed by atoms with Gasteiger partial charge in [-0.2, -0.15) is 0 Å². The van der Waals surface area contributed by atoms with Crippen LogP contribution in [0.5, 0.6) is 0 Å². The minimum atomic E-state index is -1.20. The molecule has 2 nitrogen and oxygen atoms in total. The Bertz CT molecular complexity index is 368. The van der Waals surface area contributed by atoms with Gasteiger partial charge in [0.2, 0.25) is 0 Å². The summed E-state index contributed by atoms with van der Waals surface area (Å²) in [4.78, 5) is 0. The van der Waals surface area contributed by atoms with Crippen molar-refractivity contribution in [3.05, 3.63) is 30.3 Å². The van der Waals surface area contributed by atoms with Crippen molar-refractivity contribution in [2.24, 2.45) is 0 Å². The van der Waals surface area contributed by atoms with E-state index in [-0.39, 0.29) is 0 Å². The molecule has 0 amide bonds. The van der Waals surface area contributed by atoms with Crippen molar-refractivity contribution in [1.29, 1.82) is 0 Å². The van der Waals surface area contributed by atoms with E-state index in [0.717, 1.165) is 0 Å². The SMILES string of the molecule is [Se]=P(c1ccccc1)(N1CC1)N1CC1. The van der Waals surface area contributed by atoms with Gasteiger partial charge in [-0.15, -0.1) is 0 Å². The van der Waals surface area contributed by atoms with Crippen molar-refractivity contribution >= 4 is 26.2 Å². The Balaban J connectivity index is 2.03. The minimum absolute atomic E-state index is 1.20. The Morgan fingerprint density at radius 2 is 1.43 bits per heavy atom. The first kappa shape index (κ1) is 9.33.